The third-order valence-electron chi connectivity index (χ3n) is 2.36. The molecule has 0 aliphatic carbocycles. The number of hydrogen-bond acceptors (Lipinski definition) is 2. The van der Waals surface area contributed by atoms with E-state index in [1.54, 1.807) is 11.8 Å². The first-order valence-electron chi connectivity index (χ1n) is 4.22. The number of carbonyl (C=O) groups is 1. The Bertz CT molecular complexity index is 166. The lowest BCUT2D eigenvalue weighted by Crippen LogP contribution is -2.44. The SMILES string of the molecule is CC(C(=O)O)N1CCC(F)CC1. The fraction of sp³-hybridized carbons (Fsp3) is 0.875. The Morgan fingerprint density at radius 3 is 2.50 bits per heavy atom. The summed E-state index contributed by atoms with van der Waals surface area (Å²) >= 11 is 0. The number of carboxylic acids is 1. The normalized spacial score (nSPS) is 23.8. The van der Waals surface area contributed by atoms with Crippen molar-refractivity contribution in [1.29, 1.82) is 0 Å². The summed E-state index contributed by atoms with van der Waals surface area (Å²) in [5.41, 5.74) is 0. The van der Waals surface area contributed by atoms with Gasteiger partial charge in [0.1, 0.15) is 12.2 Å². The van der Waals surface area contributed by atoms with Crippen molar-refractivity contribution in [2.75, 3.05) is 13.1 Å². The van der Waals surface area contributed by atoms with Crippen LogP contribution in [0.5, 0.6) is 0 Å². The van der Waals surface area contributed by atoms with Crippen molar-refractivity contribution in [2.24, 2.45) is 0 Å². The van der Waals surface area contributed by atoms with Crippen LogP contribution in [0.15, 0.2) is 0 Å². The van der Waals surface area contributed by atoms with E-state index in [4.69, 9.17) is 5.11 Å². The third kappa shape index (κ3) is 2.17. The maximum absolute atomic E-state index is 12.6. The molecular weight excluding hydrogens is 161 g/mol. The minimum atomic E-state index is -0.827. The number of hydrogen-bond donors (Lipinski definition) is 1. The van der Waals surface area contributed by atoms with Gasteiger partial charge in [0.25, 0.3) is 0 Å². The van der Waals surface area contributed by atoms with E-state index in [0.717, 1.165) is 0 Å². The zero-order chi connectivity index (χ0) is 9.14. The second-order valence-corrected chi connectivity index (χ2v) is 3.22. The zero-order valence-electron chi connectivity index (χ0n) is 7.16. The molecule has 3 nitrogen and oxygen atoms in total. The van der Waals surface area contributed by atoms with E-state index in [1.807, 2.05) is 0 Å². The van der Waals surface area contributed by atoms with Crippen LogP contribution in [0.3, 0.4) is 0 Å². The number of aliphatic carboxylic acids is 1. The molecule has 1 heterocycles. The highest BCUT2D eigenvalue weighted by molar-refractivity contribution is 5.72. The topological polar surface area (TPSA) is 40.5 Å². The number of nitrogens with zero attached hydrogens (tertiary/aromatic N) is 1. The average molecular weight is 175 g/mol. The van der Waals surface area contributed by atoms with Gasteiger partial charge in [0.2, 0.25) is 0 Å². The molecule has 1 N–H and O–H groups in total. The Morgan fingerprint density at radius 2 is 2.08 bits per heavy atom. The summed E-state index contributed by atoms with van der Waals surface area (Å²) < 4.78 is 12.6. The second-order valence-electron chi connectivity index (χ2n) is 3.22. The van der Waals surface area contributed by atoms with Crippen molar-refractivity contribution in [3.63, 3.8) is 0 Å². The van der Waals surface area contributed by atoms with Crippen LogP contribution in [-0.2, 0) is 4.79 Å². The van der Waals surface area contributed by atoms with Gasteiger partial charge in [-0.15, -0.1) is 0 Å². The molecule has 1 aliphatic rings. The van der Waals surface area contributed by atoms with Gasteiger partial charge in [0.05, 0.1) is 0 Å². The smallest absolute Gasteiger partial charge is 0.320 e. The Balaban J connectivity index is 2.39. The van der Waals surface area contributed by atoms with Crippen molar-refractivity contribution in [3.05, 3.63) is 0 Å². The van der Waals surface area contributed by atoms with Crippen LogP contribution in [0.1, 0.15) is 19.8 Å². The number of piperidine rings is 1. The molecule has 0 amide bonds. The Hall–Kier alpha value is -0.640. The van der Waals surface area contributed by atoms with E-state index in [1.165, 1.54) is 0 Å². The highest BCUT2D eigenvalue weighted by atomic mass is 19.1. The molecule has 1 atom stereocenters. The molecule has 0 bridgehead atoms. The van der Waals surface area contributed by atoms with Crippen molar-refractivity contribution >= 4 is 5.97 Å². The van der Waals surface area contributed by atoms with Crippen molar-refractivity contribution < 1.29 is 14.3 Å². The van der Waals surface area contributed by atoms with Gasteiger partial charge in [-0.1, -0.05) is 0 Å². The minimum absolute atomic E-state index is 0.470. The average Bonchev–Trinajstić information content (AvgIpc) is 2.04. The maximum atomic E-state index is 12.6. The van der Waals surface area contributed by atoms with E-state index in [0.29, 0.717) is 25.9 Å². The molecule has 0 aromatic rings. The predicted molar refractivity (Wildman–Crippen MR) is 42.8 cm³/mol. The first kappa shape index (κ1) is 9.45. The van der Waals surface area contributed by atoms with Gasteiger partial charge in [-0.05, 0) is 19.8 Å². The summed E-state index contributed by atoms with van der Waals surface area (Å²) in [5.74, 6) is -0.827. The van der Waals surface area contributed by atoms with E-state index in [9.17, 15) is 9.18 Å². The summed E-state index contributed by atoms with van der Waals surface area (Å²) in [5, 5.41) is 8.66. The number of carboxylic acid groups (broad SMARTS) is 1. The molecule has 1 unspecified atom stereocenters. The molecule has 0 aromatic heterocycles. The van der Waals surface area contributed by atoms with E-state index < -0.39 is 18.2 Å². The molecule has 0 radical (unpaired) electrons. The Morgan fingerprint density at radius 1 is 1.58 bits per heavy atom. The number of rotatable bonds is 2. The van der Waals surface area contributed by atoms with Crippen molar-refractivity contribution in [1.82, 2.24) is 4.90 Å². The molecule has 1 rings (SSSR count). The minimum Gasteiger partial charge on any atom is -0.480 e. The summed E-state index contributed by atoms with van der Waals surface area (Å²) in [6, 6.07) is -0.475. The highest BCUT2D eigenvalue weighted by Crippen LogP contribution is 2.15. The van der Waals surface area contributed by atoms with Gasteiger partial charge >= 0.3 is 5.97 Å². The van der Waals surface area contributed by atoms with Crippen LogP contribution in [0.2, 0.25) is 0 Å². The van der Waals surface area contributed by atoms with E-state index >= 15 is 0 Å². The monoisotopic (exact) mass is 175 g/mol. The molecule has 1 saturated heterocycles. The van der Waals surface area contributed by atoms with Crippen molar-refractivity contribution in [2.45, 2.75) is 32.0 Å². The first-order valence-corrected chi connectivity index (χ1v) is 4.22. The van der Waals surface area contributed by atoms with Crippen LogP contribution in [0.4, 0.5) is 4.39 Å². The van der Waals surface area contributed by atoms with Crippen LogP contribution < -0.4 is 0 Å². The summed E-state index contributed by atoms with van der Waals surface area (Å²) in [7, 11) is 0. The van der Waals surface area contributed by atoms with E-state index in [-0.39, 0.29) is 0 Å². The Kier molecular flexibility index (Phi) is 3.03. The van der Waals surface area contributed by atoms with Crippen LogP contribution >= 0.6 is 0 Å². The molecule has 1 aliphatic heterocycles. The fourth-order valence-electron chi connectivity index (χ4n) is 1.41. The molecule has 1 fully saturated rings. The first-order chi connectivity index (χ1) is 5.61. The molecule has 12 heavy (non-hydrogen) atoms. The summed E-state index contributed by atoms with van der Waals surface area (Å²) in [6.45, 7) is 2.77. The van der Waals surface area contributed by atoms with Gasteiger partial charge < -0.3 is 5.11 Å². The fourth-order valence-corrected chi connectivity index (χ4v) is 1.41. The zero-order valence-corrected chi connectivity index (χ0v) is 7.16. The van der Waals surface area contributed by atoms with Crippen molar-refractivity contribution in [3.8, 4) is 0 Å². The van der Waals surface area contributed by atoms with Crippen LogP contribution in [0, 0.1) is 0 Å². The standard InChI is InChI=1S/C8H14FNO2/c1-6(8(11)12)10-4-2-7(9)3-5-10/h6-7H,2-5H2,1H3,(H,11,12). The molecule has 70 valence electrons. The van der Waals surface area contributed by atoms with Gasteiger partial charge in [-0.2, -0.15) is 0 Å². The highest BCUT2D eigenvalue weighted by Gasteiger charge is 2.25. The molecule has 4 heteroatoms. The number of halogens is 1. The second kappa shape index (κ2) is 3.85. The lowest BCUT2D eigenvalue weighted by molar-refractivity contribution is -0.143. The van der Waals surface area contributed by atoms with Crippen LogP contribution in [0.25, 0.3) is 0 Å². The van der Waals surface area contributed by atoms with Gasteiger partial charge in [0, 0.05) is 13.1 Å². The maximum Gasteiger partial charge on any atom is 0.320 e. The van der Waals surface area contributed by atoms with E-state index in [2.05, 4.69) is 0 Å². The summed E-state index contributed by atoms with van der Waals surface area (Å²) in [6.07, 6.45) is 0.206. The lowest BCUT2D eigenvalue weighted by Gasteiger charge is -2.31. The number of alkyl halides is 1. The lowest BCUT2D eigenvalue weighted by atomic mass is 10.1. The number of likely N-dealkylation sites (tertiary alicyclic amines) is 1. The quantitative estimate of drug-likeness (QED) is 0.677. The van der Waals surface area contributed by atoms with Gasteiger partial charge in [-0.3, -0.25) is 9.69 Å². The van der Waals surface area contributed by atoms with Crippen LogP contribution in [-0.4, -0.2) is 41.3 Å². The van der Waals surface area contributed by atoms with Gasteiger partial charge in [0.15, 0.2) is 0 Å². The molecule has 0 saturated carbocycles. The Labute approximate surface area is 71.2 Å². The van der Waals surface area contributed by atoms with Gasteiger partial charge in [-0.25, -0.2) is 4.39 Å². The molecular formula is C8H14FNO2. The molecule has 0 aromatic carbocycles. The predicted octanol–water partition coefficient (Wildman–Crippen LogP) is 0.893. The third-order valence-corrected chi connectivity index (χ3v) is 2.36. The summed E-state index contributed by atoms with van der Waals surface area (Å²) in [4.78, 5) is 12.3. The molecule has 0 spiro atoms. The largest absolute Gasteiger partial charge is 0.480 e.